The highest BCUT2D eigenvalue weighted by Gasteiger charge is 2.21. The number of halogens is 1. The third kappa shape index (κ3) is 7.11. The van der Waals surface area contributed by atoms with Crippen molar-refractivity contribution in [3.05, 3.63) is 29.3 Å². The van der Waals surface area contributed by atoms with Crippen LogP contribution in [0.2, 0.25) is 5.02 Å². The van der Waals surface area contributed by atoms with Crippen molar-refractivity contribution in [3.8, 4) is 0 Å². The quantitative estimate of drug-likeness (QED) is 0.352. The second-order valence-electron chi connectivity index (χ2n) is 6.27. The topological polar surface area (TPSA) is 83.0 Å². The number of nitrogens with zero attached hydrogens (tertiary/aromatic N) is 2. The van der Waals surface area contributed by atoms with Crippen LogP contribution in [0.5, 0.6) is 0 Å². The predicted octanol–water partition coefficient (Wildman–Crippen LogP) is 1.55. The molecule has 0 amide bonds. The summed E-state index contributed by atoms with van der Waals surface area (Å²) in [6, 6.07) is 6.18. The summed E-state index contributed by atoms with van der Waals surface area (Å²) >= 11 is 5.84. The molecular weight excluding hydrogens is 376 g/mol. The molecule has 26 heavy (non-hydrogen) atoms. The van der Waals surface area contributed by atoms with Crippen LogP contribution in [0.3, 0.4) is 0 Å². The maximum Gasteiger partial charge on any atom is 0.240 e. The second-order valence-corrected chi connectivity index (χ2v) is 8.47. The zero-order valence-electron chi connectivity index (χ0n) is 15.2. The normalized spacial score (nSPS) is 15.1. The van der Waals surface area contributed by atoms with Crippen LogP contribution in [0.4, 0.5) is 0 Å². The largest absolute Gasteiger partial charge is 0.379 e. The molecule has 0 heterocycles. The summed E-state index contributed by atoms with van der Waals surface area (Å²) in [5, 5.41) is 3.52. The third-order valence-electron chi connectivity index (χ3n) is 4.00. The Balaban J connectivity index is 1.69. The molecule has 2 rings (SSSR count). The van der Waals surface area contributed by atoms with Gasteiger partial charge in [-0.05, 0) is 37.0 Å². The number of hydrogen-bond donors (Lipinski definition) is 2. The first-order chi connectivity index (χ1) is 12.4. The van der Waals surface area contributed by atoms with Gasteiger partial charge >= 0.3 is 0 Å². The van der Waals surface area contributed by atoms with Crippen LogP contribution in [0.1, 0.15) is 12.8 Å². The molecular formula is C17H27ClN4O3S. The number of sulfonamides is 1. The molecule has 1 aliphatic carbocycles. The van der Waals surface area contributed by atoms with E-state index < -0.39 is 10.0 Å². The summed E-state index contributed by atoms with van der Waals surface area (Å²) in [7, 11) is 0.0416. The van der Waals surface area contributed by atoms with E-state index in [2.05, 4.69) is 15.0 Å². The van der Waals surface area contributed by atoms with Crippen LogP contribution in [0, 0.1) is 5.92 Å². The molecule has 2 N–H and O–H groups in total. The lowest BCUT2D eigenvalue weighted by molar-refractivity contribution is 0.115. The molecule has 9 heteroatoms. The van der Waals surface area contributed by atoms with Crippen LogP contribution in [0.15, 0.2) is 34.2 Å². The van der Waals surface area contributed by atoms with E-state index in [1.807, 2.05) is 11.9 Å². The average Bonchev–Trinajstić information content (AvgIpc) is 3.43. The molecule has 1 aliphatic rings. The highest BCUT2D eigenvalue weighted by molar-refractivity contribution is 7.89. The fourth-order valence-electron chi connectivity index (χ4n) is 2.30. The van der Waals surface area contributed by atoms with Gasteiger partial charge in [0, 0.05) is 45.4 Å². The zero-order valence-corrected chi connectivity index (χ0v) is 16.8. The van der Waals surface area contributed by atoms with Crippen LogP contribution in [-0.2, 0) is 14.8 Å². The van der Waals surface area contributed by atoms with E-state index in [0.717, 1.165) is 19.1 Å². The van der Waals surface area contributed by atoms with Gasteiger partial charge in [-0.3, -0.25) is 4.99 Å². The smallest absolute Gasteiger partial charge is 0.240 e. The lowest BCUT2D eigenvalue weighted by Gasteiger charge is -2.22. The Hall–Kier alpha value is -1.35. The Bertz CT molecular complexity index is 708. The minimum absolute atomic E-state index is 0.152. The number of rotatable bonds is 10. The van der Waals surface area contributed by atoms with Crippen LogP contribution >= 0.6 is 11.6 Å². The first kappa shape index (κ1) is 21.0. The van der Waals surface area contributed by atoms with Crippen molar-refractivity contribution in [3.63, 3.8) is 0 Å². The predicted molar refractivity (Wildman–Crippen MR) is 104 cm³/mol. The van der Waals surface area contributed by atoms with Gasteiger partial charge in [-0.25, -0.2) is 13.1 Å². The minimum Gasteiger partial charge on any atom is -0.379 e. The van der Waals surface area contributed by atoms with Gasteiger partial charge in [0.2, 0.25) is 10.0 Å². The van der Waals surface area contributed by atoms with Gasteiger partial charge in [0.15, 0.2) is 5.96 Å². The highest BCUT2D eigenvalue weighted by atomic mass is 35.5. The van der Waals surface area contributed by atoms with Crippen molar-refractivity contribution in [2.45, 2.75) is 17.7 Å². The number of guanidine groups is 1. The van der Waals surface area contributed by atoms with E-state index in [0.29, 0.717) is 24.1 Å². The maximum atomic E-state index is 12.2. The number of likely N-dealkylation sites (N-methyl/N-ethyl adjacent to an activating group) is 1. The summed E-state index contributed by atoms with van der Waals surface area (Å²) in [4.78, 5) is 6.31. The molecule has 0 spiro atoms. The Kier molecular flexibility index (Phi) is 8.15. The molecule has 0 aliphatic heterocycles. The fourth-order valence-corrected chi connectivity index (χ4v) is 3.64. The molecule has 1 aromatic carbocycles. The maximum absolute atomic E-state index is 12.2. The minimum atomic E-state index is -3.58. The van der Waals surface area contributed by atoms with Crippen molar-refractivity contribution in [1.29, 1.82) is 0 Å². The van der Waals surface area contributed by atoms with E-state index in [1.165, 1.54) is 25.0 Å². The molecule has 0 saturated heterocycles. The first-order valence-electron chi connectivity index (χ1n) is 8.67. The number of benzene rings is 1. The van der Waals surface area contributed by atoms with Gasteiger partial charge in [0.25, 0.3) is 0 Å². The number of nitrogens with one attached hydrogen (secondary N) is 2. The third-order valence-corrected chi connectivity index (χ3v) is 5.70. The Morgan fingerprint density at radius 1 is 1.38 bits per heavy atom. The zero-order chi connectivity index (χ0) is 19.0. The molecule has 0 bridgehead atoms. The lowest BCUT2D eigenvalue weighted by Crippen LogP contribution is -2.43. The average molecular weight is 403 g/mol. The van der Waals surface area contributed by atoms with Crippen molar-refractivity contribution in [2.75, 3.05) is 46.9 Å². The van der Waals surface area contributed by atoms with E-state index in [4.69, 9.17) is 16.3 Å². The molecule has 1 fully saturated rings. The van der Waals surface area contributed by atoms with E-state index in [-0.39, 0.29) is 11.4 Å². The van der Waals surface area contributed by atoms with E-state index >= 15 is 0 Å². The summed E-state index contributed by atoms with van der Waals surface area (Å²) in [6.45, 7) is 2.86. The lowest BCUT2D eigenvalue weighted by atomic mass is 10.4. The van der Waals surface area contributed by atoms with Gasteiger partial charge in [-0.15, -0.1) is 0 Å². The van der Waals surface area contributed by atoms with Crippen molar-refractivity contribution >= 4 is 27.6 Å². The van der Waals surface area contributed by atoms with Crippen molar-refractivity contribution in [1.82, 2.24) is 14.9 Å². The van der Waals surface area contributed by atoms with Crippen molar-refractivity contribution in [2.24, 2.45) is 10.9 Å². The van der Waals surface area contributed by atoms with E-state index in [1.54, 1.807) is 19.2 Å². The highest BCUT2D eigenvalue weighted by Crippen LogP contribution is 2.28. The Labute approximate surface area is 160 Å². The molecule has 0 unspecified atom stereocenters. The second kappa shape index (κ2) is 10.1. The summed E-state index contributed by atoms with van der Waals surface area (Å²) < 4.78 is 32.6. The SMILES string of the molecule is CN=C(NCCNS(=O)(=O)c1cccc(Cl)c1)N(C)CCOCC1CC1. The molecule has 1 saturated carbocycles. The Morgan fingerprint density at radius 3 is 2.81 bits per heavy atom. The number of hydrogen-bond acceptors (Lipinski definition) is 4. The Morgan fingerprint density at radius 2 is 2.15 bits per heavy atom. The number of aliphatic imine (C=N–C) groups is 1. The first-order valence-corrected chi connectivity index (χ1v) is 10.5. The molecule has 0 aromatic heterocycles. The monoisotopic (exact) mass is 402 g/mol. The molecule has 0 radical (unpaired) electrons. The molecule has 7 nitrogen and oxygen atoms in total. The van der Waals surface area contributed by atoms with Crippen LogP contribution in [-0.4, -0.2) is 66.2 Å². The van der Waals surface area contributed by atoms with Crippen molar-refractivity contribution < 1.29 is 13.2 Å². The standard InChI is InChI=1S/C17H27ClN4O3S/c1-19-17(22(2)10-11-25-13-14-6-7-14)20-8-9-21-26(23,24)16-5-3-4-15(18)12-16/h3-5,12,14,21H,6-11,13H2,1-2H3,(H,19,20). The number of ether oxygens (including phenoxy) is 1. The van der Waals surface area contributed by atoms with E-state index in [9.17, 15) is 8.42 Å². The van der Waals surface area contributed by atoms with Gasteiger partial charge in [0.1, 0.15) is 0 Å². The molecule has 146 valence electrons. The summed E-state index contributed by atoms with van der Waals surface area (Å²) in [5.41, 5.74) is 0. The van der Waals surface area contributed by atoms with Crippen LogP contribution in [0.25, 0.3) is 0 Å². The molecule has 1 aromatic rings. The van der Waals surface area contributed by atoms with Gasteiger partial charge in [-0.2, -0.15) is 0 Å². The van der Waals surface area contributed by atoms with Crippen LogP contribution < -0.4 is 10.0 Å². The fraction of sp³-hybridized carbons (Fsp3) is 0.588. The van der Waals surface area contributed by atoms with Gasteiger partial charge < -0.3 is 15.0 Å². The summed E-state index contributed by atoms with van der Waals surface area (Å²) in [6.07, 6.45) is 2.56. The molecule has 0 atom stereocenters. The van der Waals surface area contributed by atoms with Gasteiger partial charge in [-0.1, -0.05) is 17.7 Å². The summed E-state index contributed by atoms with van der Waals surface area (Å²) in [5.74, 6) is 1.45. The van der Waals surface area contributed by atoms with Gasteiger partial charge in [0.05, 0.1) is 11.5 Å².